The molecule has 0 aliphatic heterocycles. The Morgan fingerprint density at radius 1 is 0.967 bits per heavy atom. The van der Waals surface area contributed by atoms with Crippen LogP contribution in [0.4, 0.5) is 10.1 Å². The summed E-state index contributed by atoms with van der Waals surface area (Å²) in [4.78, 5) is 14.4. The number of carbonyl (C=O) groups excluding carboxylic acids is 1. The Bertz CT molecular complexity index is 1150. The van der Waals surface area contributed by atoms with E-state index in [2.05, 4.69) is 0 Å². The molecule has 0 saturated heterocycles. The molecule has 8 heteroatoms. The van der Waals surface area contributed by atoms with Gasteiger partial charge in [-0.05, 0) is 60.2 Å². The second kappa shape index (κ2) is 8.85. The molecule has 0 spiro atoms. The minimum atomic E-state index is -3.81. The van der Waals surface area contributed by atoms with Crippen molar-refractivity contribution in [2.45, 2.75) is 11.4 Å². The highest BCUT2D eigenvalue weighted by Crippen LogP contribution is 2.24. The zero-order valence-corrected chi connectivity index (χ0v) is 18.0. The van der Waals surface area contributed by atoms with E-state index < -0.39 is 10.0 Å². The van der Waals surface area contributed by atoms with Crippen molar-refractivity contribution < 1.29 is 17.6 Å². The quantitative estimate of drug-likeness (QED) is 0.557. The lowest BCUT2D eigenvalue weighted by Gasteiger charge is -2.21. The van der Waals surface area contributed by atoms with Crippen molar-refractivity contribution in [2.24, 2.45) is 0 Å². The first-order chi connectivity index (χ1) is 14.2. The molecule has 0 atom stereocenters. The molecule has 156 valence electrons. The molecule has 0 radical (unpaired) electrons. The van der Waals surface area contributed by atoms with Crippen molar-refractivity contribution in [1.82, 2.24) is 4.90 Å². The summed E-state index contributed by atoms with van der Waals surface area (Å²) in [6.45, 7) is 0.294. The first kappa shape index (κ1) is 21.8. The molecule has 0 saturated carbocycles. The van der Waals surface area contributed by atoms with Gasteiger partial charge < -0.3 is 4.90 Å². The smallest absolute Gasteiger partial charge is 0.264 e. The van der Waals surface area contributed by atoms with E-state index in [9.17, 15) is 17.6 Å². The van der Waals surface area contributed by atoms with Crippen LogP contribution in [0.3, 0.4) is 0 Å². The summed E-state index contributed by atoms with van der Waals surface area (Å²) in [5.41, 5.74) is 1.48. The third-order valence-corrected chi connectivity index (χ3v) is 6.66. The van der Waals surface area contributed by atoms with Crippen LogP contribution in [-0.2, 0) is 16.6 Å². The third-order valence-electron chi connectivity index (χ3n) is 4.61. The molecule has 3 rings (SSSR count). The predicted molar refractivity (Wildman–Crippen MR) is 116 cm³/mol. The van der Waals surface area contributed by atoms with Crippen molar-refractivity contribution >= 4 is 33.2 Å². The summed E-state index contributed by atoms with van der Waals surface area (Å²) < 4.78 is 40.0. The van der Waals surface area contributed by atoms with Gasteiger partial charge in [-0.25, -0.2) is 12.8 Å². The molecule has 1 amide bonds. The summed E-state index contributed by atoms with van der Waals surface area (Å²) in [6.07, 6.45) is 0. The molecule has 3 aromatic rings. The Hall–Kier alpha value is -2.90. The second-order valence-corrected chi connectivity index (χ2v) is 9.17. The van der Waals surface area contributed by atoms with Crippen LogP contribution in [0, 0.1) is 5.82 Å². The molecular weight excluding hydrogens is 427 g/mol. The van der Waals surface area contributed by atoms with E-state index in [1.54, 1.807) is 37.4 Å². The molecule has 0 aliphatic carbocycles. The zero-order chi connectivity index (χ0) is 21.9. The lowest BCUT2D eigenvalue weighted by atomic mass is 10.1. The first-order valence-electron chi connectivity index (χ1n) is 9.03. The number of amides is 1. The summed E-state index contributed by atoms with van der Waals surface area (Å²) in [6, 6.07) is 18.2. The molecular formula is C22H20ClFN2O3S. The minimum absolute atomic E-state index is 0.0968. The van der Waals surface area contributed by atoms with Crippen LogP contribution in [0.2, 0.25) is 5.02 Å². The maximum absolute atomic E-state index is 13.1. The highest BCUT2D eigenvalue weighted by atomic mass is 35.5. The minimum Gasteiger partial charge on any atom is -0.337 e. The summed E-state index contributed by atoms with van der Waals surface area (Å²) in [5, 5.41) is 0.438. The number of benzene rings is 3. The highest BCUT2D eigenvalue weighted by Gasteiger charge is 2.22. The number of rotatable bonds is 6. The summed E-state index contributed by atoms with van der Waals surface area (Å²) in [5.74, 6) is -0.621. The van der Waals surface area contributed by atoms with Gasteiger partial charge in [-0.2, -0.15) is 0 Å². The fourth-order valence-corrected chi connectivity index (χ4v) is 4.21. The van der Waals surface area contributed by atoms with Gasteiger partial charge in [-0.3, -0.25) is 9.10 Å². The van der Waals surface area contributed by atoms with Gasteiger partial charge in [0.25, 0.3) is 15.9 Å². The Morgan fingerprint density at radius 3 is 2.23 bits per heavy atom. The summed E-state index contributed by atoms with van der Waals surface area (Å²) in [7, 11) is -0.752. The van der Waals surface area contributed by atoms with E-state index in [4.69, 9.17) is 11.6 Å². The van der Waals surface area contributed by atoms with E-state index >= 15 is 0 Å². The Morgan fingerprint density at radius 2 is 1.60 bits per heavy atom. The van der Waals surface area contributed by atoms with Gasteiger partial charge in [-0.15, -0.1) is 0 Å². The van der Waals surface area contributed by atoms with Crippen molar-refractivity contribution in [3.8, 4) is 0 Å². The van der Waals surface area contributed by atoms with Crippen LogP contribution in [0.1, 0.15) is 15.9 Å². The SMILES string of the molecule is CN(Cc1ccc(F)cc1)C(=O)c1cccc(N(C)S(=O)(=O)c2ccc(Cl)cc2)c1. The average molecular weight is 447 g/mol. The standard InChI is InChI=1S/C22H20ClFN2O3S/c1-25(15-16-6-10-19(24)11-7-16)22(27)17-4-3-5-20(14-17)26(2)30(28,29)21-12-8-18(23)9-13-21/h3-14H,15H2,1-2H3. The summed E-state index contributed by atoms with van der Waals surface area (Å²) >= 11 is 5.84. The van der Waals surface area contributed by atoms with Crippen LogP contribution in [-0.4, -0.2) is 33.3 Å². The van der Waals surface area contributed by atoms with Gasteiger partial charge >= 0.3 is 0 Å². The molecule has 0 unspecified atom stereocenters. The Kier molecular flexibility index (Phi) is 6.43. The number of carbonyl (C=O) groups is 1. The molecule has 5 nitrogen and oxygen atoms in total. The lowest BCUT2D eigenvalue weighted by molar-refractivity contribution is 0.0785. The monoisotopic (exact) mass is 446 g/mol. The highest BCUT2D eigenvalue weighted by molar-refractivity contribution is 7.92. The van der Waals surface area contributed by atoms with Gasteiger partial charge in [-0.1, -0.05) is 29.8 Å². The number of hydrogen-bond acceptors (Lipinski definition) is 3. The fourth-order valence-electron chi connectivity index (χ4n) is 2.89. The van der Waals surface area contributed by atoms with Gasteiger partial charge in [0.15, 0.2) is 0 Å². The van der Waals surface area contributed by atoms with E-state index in [1.807, 2.05) is 0 Å². The maximum atomic E-state index is 13.1. The van der Waals surface area contributed by atoms with Crippen LogP contribution >= 0.6 is 11.6 Å². The number of anilines is 1. The average Bonchev–Trinajstić information content (AvgIpc) is 2.74. The van der Waals surface area contributed by atoms with Crippen molar-refractivity contribution in [3.63, 3.8) is 0 Å². The number of sulfonamides is 1. The maximum Gasteiger partial charge on any atom is 0.264 e. The van der Waals surface area contributed by atoms with E-state index in [0.29, 0.717) is 22.8 Å². The van der Waals surface area contributed by atoms with E-state index in [0.717, 1.165) is 9.87 Å². The predicted octanol–water partition coefficient (Wildman–Crippen LogP) is 4.58. The Balaban J connectivity index is 1.81. The molecule has 0 fully saturated rings. The second-order valence-electron chi connectivity index (χ2n) is 6.76. The van der Waals surface area contributed by atoms with Crippen LogP contribution in [0.5, 0.6) is 0 Å². The zero-order valence-electron chi connectivity index (χ0n) is 16.4. The molecule has 0 N–H and O–H groups in total. The third kappa shape index (κ3) is 4.80. The number of halogens is 2. The molecule has 3 aromatic carbocycles. The molecule has 0 aliphatic rings. The topological polar surface area (TPSA) is 57.7 Å². The normalized spacial score (nSPS) is 11.2. The van der Waals surface area contributed by atoms with Crippen molar-refractivity contribution in [1.29, 1.82) is 0 Å². The molecule has 0 heterocycles. The van der Waals surface area contributed by atoms with Crippen molar-refractivity contribution in [3.05, 3.63) is 94.8 Å². The molecule has 30 heavy (non-hydrogen) atoms. The van der Waals surface area contributed by atoms with Gasteiger partial charge in [0, 0.05) is 31.2 Å². The van der Waals surface area contributed by atoms with Gasteiger partial charge in [0.05, 0.1) is 10.6 Å². The first-order valence-corrected chi connectivity index (χ1v) is 10.8. The largest absolute Gasteiger partial charge is 0.337 e. The van der Waals surface area contributed by atoms with Crippen LogP contribution in [0.15, 0.2) is 77.7 Å². The fraction of sp³-hybridized carbons (Fsp3) is 0.136. The number of hydrogen-bond donors (Lipinski definition) is 0. The van der Waals surface area contributed by atoms with Crippen LogP contribution in [0.25, 0.3) is 0 Å². The lowest BCUT2D eigenvalue weighted by Crippen LogP contribution is -2.28. The van der Waals surface area contributed by atoms with Crippen LogP contribution < -0.4 is 4.31 Å². The number of nitrogens with zero attached hydrogens (tertiary/aromatic N) is 2. The van der Waals surface area contributed by atoms with Crippen molar-refractivity contribution in [2.75, 3.05) is 18.4 Å². The van der Waals surface area contributed by atoms with E-state index in [1.165, 1.54) is 54.4 Å². The molecule has 0 aromatic heterocycles. The molecule has 0 bridgehead atoms. The van der Waals surface area contributed by atoms with Gasteiger partial charge in [0.1, 0.15) is 5.82 Å². The Labute approximate surface area is 180 Å². The van der Waals surface area contributed by atoms with E-state index in [-0.39, 0.29) is 16.6 Å². The van der Waals surface area contributed by atoms with Gasteiger partial charge in [0.2, 0.25) is 0 Å².